The first-order valence-corrected chi connectivity index (χ1v) is 9.06. The average molecular weight is 369 g/mol. The van der Waals surface area contributed by atoms with Crippen LogP contribution >= 0.6 is 0 Å². The number of nitrogens with zero attached hydrogens (tertiary/aromatic N) is 3. The van der Waals surface area contributed by atoms with Crippen LogP contribution in [0.5, 0.6) is 0 Å². The fourth-order valence-electron chi connectivity index (χ4n) is 2.92. The lowest BCUT2D eigenvalue weighted by molar-refractivity contribution is -0.116. The third-order valence-electron chi connectivity index (χ3n) is 4.31. The highest BCUT2D eigenvalue weighted by Gasteiger charge is 2.06. The number of nitrogens with one attached hydrogen (secondary N) is 2. The topological polar surface area (TPSA) is 79.8 Å². The molecule has 28 heavy (non-hydrogen) atoms. The van der Waals surface area contributed by atoms with Gasteiger partial charge in [-0.25, -0.2) is 0 Å². The van der Waals surface area contributed by atoms with Crippen molar-refractivity contribution in [3.63, 3.8) is 0 Å². The lowest BCUT2D eigenvalue weighted by Crippen LogP contribution is -2.14. The number of fused-ring (bicyclic) bond motifs is 1. The second kappa shape index (κ2) is 8.26. The van der Waals surface area contributed by atoms with Crippen LogP contribution in [0.25, 0.3) is 10.9 Å². The van der Waals surface area contributed by atoms with Crippen molar-refractivity contribution < 1.29 is 4.79 Å². The molecule has 0 saturated carbocycles. The Kier molecular flexibility index (Phi) is 5.20. The van der Waals surface area contributed by atoms with Crippen molar-refractivity contribution in [1.29, 1.82) is 0 Å². The highest BCUT2D eigenvalue weighted by Crippen LogP contribution is 2.23. The molecule has 2 aromatic heterocycles. The molecule has 0 atom stereocenters. The van der Waals surface area contributed by atoms with Gasteiger partial charge in [0.2, 0.25) is 5.91 Å². The van der Waals surface area contributed by atoms with Crippen LogP contribution in [0.15, 0.2) is 79.0 Å². The number of hydrogen-bond donors (Lipinski definition) is 2. The van der Waals surface area contributed by atoms with Gasteiger partial charge in [-0.1, -0.05) is 48.5 Å². The van der Waals surface area contributed by atoms with Crippen LogP contribution in [0, 0.1) is 0 Å². The zero-order valence-corrected chi connectivity index (χ0v) is 15.2. The number of anilines is 3. The number of hydrogen-bond acceptors (Lipinski definition) is 5. The van der Waals surface area contributed by atoms with Gasteiger partial charge >= 0.3 is 0 Å². The number of carbonyl (C=O) groups is 1. The van der Waals surface area contributed by atoms with E-state index in [4.69, 9.17) is 0 Å². The molecule has 6 nitrogen and oxygen atoms in total. The summed E-state index contributed by atoms with van der Waals surface area (Å²) in [5.41, 5.74) is 2.85. The molecule has 1 amide bonds. The van der Waals surface area contributed by atoms with Gasteiger partial charge in [0.1, 0.15) is 0 Å². The van der Waals surface area contributed by atoms with Gasteiger partial charge in [0.15, 0.2) is 11.6 Å². The van der Waals surface area contributed by atoms with Crippen molar-refractivity contribution in [2.45, 2.75) is 12.8 Å². The van der Waals surface area contributed by atoms with Crippen LogP contribution in [0.4, 0.5) is 17.3 Å². The van der Waals surface area contributed by atoms with Gasteiger partial charge in [0.25, 0.3) is 0 Å². The maximum Gasteiger partial charge on any atom is 0.225 e. The van der Waals surface area contributed by atoms with E-state index in [0.29, 0.717) is 24.5 Å². The molecule has 0 bridgehead atoms. The van der Waals surface area contributed by atoms with Crippen molar-refractivity contribution in [3.8, 4) is 0 Å². The van der Waals surface area contributed by atoms with E-state index >= 15 is 0 Å². The Balaban J connectivity index is 1.37. The number of carbonyl (C=O) groups excluding carboxylic acids is 1. The first-order valence-electron chi connectivity index (χ1n) is 9.06. The monoisotopic (exact) mass is 369 g/mol. The summed E-state index contributed by atoms with van der Waals surface area (Å²) in [7, 11) is 0. The molecule has 0 radical (unpaired) electrons. The Hall–Kier alpha value is -3.80. The fourth-order valence-corrected chi connectivity index (χ4v) is 2.92. The van der Waals surface area contributed by atoms with E-state index < -0.39 is 0 Å². The summed E-state index contributed by atoms with van der Waals surface area (Å²) < 4.78 is 0. The van der Waals surface area contributed by atoms with Crippen molar-refractivity contribution in [2.75, 3.05) is 10.6 Å². The molecule has 0 aliphatic carbocycles. The summed E-state index contributed by atoms with van der Waals surface area (Å²) >= 11 is 0. The standard InChI is InChI=1S/C22H19N5O/c28-21(14-11-16-6-2-1-3-7-16)25-20-13-12-19(26-27-20)24-18-10-4-8-17-9-5-15-23-22(17)18/h1-10,12-13,15H,11,14H2,(H,24,26)(H,25,27,28). The second-order valence-electron chi connectivity index (χ2n) is 6.34. The number of pyridine rings is 1. The molecule has 0 spiro atoms. The molecule has 0 aliphatic rings. The van der Waals surface area contributed by atoms with E-state index in [9.17, 15) is 4.79 Å². The summed E-state index contributed by atoms with van der Waals surface area (Å²) in [6.45, 7) is 0. The molecule has 138 valence electrons. The largest absolute Gasteiger partial charge is 0.337 e. The normalized spacial score (nSPS) is 10.6. The third-order valence-corrected chi connectivity index (χ3v) is 4.31. The van der Waals surface area contributed by atoms with Crippen LogP contribution in [-0.4, -0.2) is 21.1 Å². The van der Waals surface area contributed by atoms with E-state index in [-0.39, 0.29) is 5.91 Å². The van der Waals surface area contributed by atoms with Crippen LogP contribution in [0.1, 0.15) is 12.0 Å². The number of para-hydroxylation sites is 1. The summed E-state index contributed by atoms with van der Waals surface area (Å²) in [6, 6.07) is 23.2. The van der Waals surface area contributed by atoms with E-state index in [2.05, 4.69) is 25.8 Å². The number of aromatic nitrogens is 3. The van der Waals surface area contributed by atoms with Gasteiger partial charge in [-0.2, -0.15) is 0 Å². The zero-order chi connectivity index (χ0) is 19.2. The maximum atomic E-state index is 12.1. The Labute approximate surface area is 162 Å². The van der Waals surface area contributed by atoms with Crippen molar-refractivity contribution in [2.24, 2.45) is 0 Å². The molecule has 6 heteroatoms. The molecule has 4 aromatic rings. The number of amides is 1. The molecule has 0 saturated heterocycles. The van der Waals surface area contributed by atoms with Crippen LogP contribution in [0.2, 0.25) is 0 Å². The predicted octanol–water partition coefficient (Wildman–Crippen LogP) is 4.34. The second-order valence-corrected chi connectivity index (χ2v) is 6.34. The van der Waals surface area contributed by atoms with E-state index in [1.165, 1.54) is 0 Å². The van der Waals surface area contributed by atoms with Crippen LogP contribution in [-0.2, 0) is 11.2 Å². The highest BCUT2D eigenvalue weighted by molar-refractivity contribution is 5.92. The lowest BCUT2D eigenvalue weighted by atomic mass is 10.1. The SMILES string of the molecule is O=C(CCc1ccccc1)Nc1ccc(Nc2cccc3cccnc23)nn1. The molecular weight excluding hydrogens is 350 g/mol. The highest BCUT2D eigenvalue weighted by atomic mass is 16.1. The molecule has 2 N–H and O–H groups in total. The van der Waals surface area contributed by atoms with E-state index in [1.807, 2.05) is 60.7 Å². The van der Waals surface area contributed by atoms with Crippen molar-refractivity contribution in [3.05, 3.63) is 84.6 Å². The molecular formula is C22H19N5O. The van der Waals surface area contributed by atoms with Gasteiger partial charge in [0, 0.05) is 18.0 Å². The van der Waals surface area contributed by atoms with Crippen LogP contribution in [0.3, 0.4) is 0 Å². The number of benzene rings is 2. The number of rotatable bonds is 6. The maximum absolute atomic E-state index is 12.1. The summed E-state index contributed by atoms with van der Waals surface area (Å²) in [5.74, 6) is 0.928. The summed E-state index contributed by atoms with van der Waals surface area (Å²) in [5, 5.41) is 15.3. The minimum atomic E-state index is -0.0860. The molecule has 2 heterocycles. The summed E-state index contributed by atoms with van der Waals surface area (Å²) in [6.07, 6.45) is 2.84. The quantitative estimate of drug-likeness (QED) is 0.528. The summed E-state index contributed by atoms with van der Waals surface area (Å²) in [4.78, 5) is 16.5. The average Bonchev–Trinajstić information content (AvgIpc) is 2.75. The minimum Gasteiger partial charge on any atom is -0.337 e. The Morgan fingerprint density at radius 3 is 2.43 bits per heavy atom. The Morgan fingerprint density at radius 1 is 0.821 bits per heavy atom. The third kappa shape index (κ3) is 4.29. The Bertz CT molecular complexity index is 1080. The van der Waals surface area contributed by atoms with Gasteiger partial charge < -0.3 is 10.6 Å². The molecule has 0 unspecified atom stereocenters. The number of aryl methyl sites for hydroxylation is 1. The molecule has 0 fully saturated rings. The van der Waals surface area contributed by atoms with Crippen LogP contribution < -0.4 is 10.6 Å². The zero-order valence-electron chi connectivity index (χ0n) is 15.2. The first kappa shape index (κ1) is 17.6. The molecule has 4 rings (SSSR count). The fraction of sp³-hybridized carbons (Fsp3) is 0.0909. The molecule has 0 aliphatic heterocycles. The van der Waals surface area contributed by atoms with E-state index in [0.717, 1.165) is 22.2 Å². The lowest BCUT2D eigenvalue weighted by Gasteiger charge is -2.09. The van der Waals surface area contributed by atoms with Crippen molar-refractivity contribution in [1.82, 2.24) is 15.2 Å². The van der Waals surface area contributed by atoms with Gasteiger partial charge in [0.05, 0.1) is 11.2 Å². The van der Waals surface area contributed by atoms with Gasteiger partial charge in [-0.05, 0) is 36.2 Å². The van der Waals surface area contributed by atoms with Crippen molar-refractivity contribution >= 4 is 34.1 Å². The van der Waals surface area contributed by atoms with Gasteiger partial charge in [-0.15, -0.1) is 10.2 Å². The minimum absolute atomic E-state index is 0.0860. The van der Waals surface area contributed by atoms with E-state index in [1.54, 1.807) is 18.3 Å². The van der Waals surface area contributed by atoms with Gasteiger partial charge in [-0.3, -0.25) is 9.78 Å². The Morgan fingerprint density at radius 2 is 1.61 bits per heavy atom. The first-order chi connectivity index (χ1) is 13.8. The smallest absolute Gasteiger partial charge is 0.225 e. The molecule has 2 aromatic carbocycles. The predicted molar refractivity (Wildman–Crippen MR) is 110 cm³/mol.